The molecular weight excluding hydrogens is 260 g/mol. The minimum absolute atomic E-state index is 0.224. The second kappa shape index (κ2) is 4.32. The predicted octanol–water partition coefficient (Wildman–Crippen LogP) is 1.05. The molecule has 1 saturated heterocycles. The number of hydrogen-bond acceptors (Lipinski definition) is 5. The van der Waals surface area contributed by atoms with Gasteiger partial charge in [-0.2, -0.15) is 4.98 Å². The van der Waals surface area contributed by atoms with Gasteiger partial charge in [0.05, 0.1) is 17.2 Å². The van der Waals surface area contributed by atoms with Gasteiger partial charge in [-0.3, -0.25) is 0 Å². The minimum Gasteiger partial charge on any atom is -0.375 e. The summed E-state index contributed by atoms with van der Waals surface area (Å²) in [5, 5.41) is 0. The first-order chi connectivity index (χ1) is 7.16. The first-order valence-electron chi connectivity index (χ1n) is 4.81. The van der Waals surface area contributed by atoms with Crippen LogP contribution >= 0.6 is 15.9 Å². The van der Waals surface area contributed by atoms with Gasteiger partial charge in [0.25, 0.3) is 0 Å². The van der Waals surface area contributed by atoms with Crippen LogP contribution < -0.4 is 10.6 Å². The smallest absolute Gasteiger partial charge is 0.222 e. The van der Waals surface area contributed by atoms with E-state index in [2.05, 4.69) is 30.8 Å². The highest BCUT2D eigenvalue weighted by molar-refractivity contribution is 9.10. The molecule has 2 heterocycles. The Balaban J connectivity index is 2.24. The molecule has 0 aliphatic carbocycles. The van der Waals surface area contributed by atoms with Crippen LogP contribution in [0.15, 0.2) is 10.7 Å². The van der Waals surface area contributed by atoms with Crippen LogP contribution in [-0.2, 0) is 4.74 Å². The van der Waals surface area contributed by atoms with Gasteiger partial charge in [0.1, 0.15) is 5.82 Å². The number of nitrogen functional groups attached to an aromatic ring is 1. The van der Waals surface area contributed by atoms with Crippen molar-refractivity contribution in [1.82, 2.24) is 9.97 Å². The third-order valence-electron chi connectivity index (χ3n) is 2.28. The number of halogens is 1. The van der Waals surface area contributed by atoms with E-state index in [1.807, 2.05) is 6.92 Å². The number of ether oxygens (including phenoxy) is 1. The Labute approximate surface area is 96.8 Å². The van der Waals surface area contributed by atoms with Gasteiger partial charge in [0.2, 0.25) is 5.95 Å². The molecule has 2 N–H and O–H groups in total. The van der Waals surface area contributed by atoms with Crippen molar-refractivity contribution in [2.75, 3.05) is 30.3 Å². The van der Waals surface area contributed by atoms with E-state index in [0.717, 1.165) is 30.0 Å². The van der Waals surface area contributed by atoms with Crippen molar-refractivity contribution < 1.29 is 4.74 Å². The predicted molar refractivity (Wildman–Crippen MR) is 61.8 cm³/mol. The molecule has 0 radical (unpaired) electrons. The molecule has 0 aromatic carbocycles. The van der Waals surface area contributed by atoms with Gasteiger partial charge in [-0.05, 0) is 22.9 Å². The highest BCUT2D eigenvalue weighted by atomic mass is 79.9. The number of nitrogens with two attached hydrogens (primary N) is 1. The number of nitrogens with zero attached hydrogens (tertiary/aromatic N) is 3. The lowest BCUT2D eigenvalue weighted by Crippen LogP contribution is -2.41. The molecule has 0 saturated carbocycles. The first kappa shape index (κ1) is 10.6. The molecule has 6 heteroatoms. The van der Waals surface area contributed by atoms with Gasteiger partial charge in [-0.15, -0.1) is 0 Å². The summed E-state index contributed by atoms with van der Waals surface area (Å²) in [5.41, 5.74) is 5.57. The maximum absolute atomic E-state index is 5.57. The molecule has 1 unspecified atom stereocenters. The summed E-state index contributed by atoms with van der Waals surface area (Å²) in [6.07, 6.45) is 1.90. The Morgan fingerprint density at radius 1 is 1.67 bits per heavy atom. The minimum atomic E-state index is 0.224. The van der Waals surface area contributed by atoms with Gasteiger partial charge in [0.15, 0.2) is 0 Å². The lowest BCUT2D eigenvalue weighted by Gasteiger charge is -2.32. The maximum atomic E-state index is 5.57. The van der Waals surface area contributed by atoms with Crippen LogP contribution in [0, 0.1) is 0 Å². The highest BCUT2D eigenvalue weighted by Crippen LogP contribution is 2.25. The standard InChI is InChI=1S/C9H13BrN4O/c1-6-5-14(2-3-15-6)8-7(10)4-12-9(11)13-8/h4,6H,2-3,5H2,1H3,(H2,11,12,13). The molecule has 1 aliphatic rings. The van der Waals surface area contributed by atoms with E-state index in [4.69, 9.17) is 10.5 Å². The van der Waals surface area contributed by atoms with Gasteiger partial charge in [-0.1, -0.05) is 0 Å². The van der Waals surface area contributed by atoms with Crippen molar-refractivity contribution in [1.29, 1.82) is 0 Å². The Hall–Kier alpha value is -0.880. The topological polar surface area (TPSA) is 64.3 Å². The van der Waals surface area contributed by atoms with Crippen LogP contribution in [0.25, 0.3) is 0 Å². The van der Waals surface area contributed by atoms with E-state index >= 15 is 0 Å². The zero-order valence-electron chi connectivity index (χ0n) is 8.48. The molecule has 0 bridgehead atoms. The molecule has 1 fully saturated rings. The molecule has 2 rings (SSSR count). The molecular formula is C9H13BrN4O. The Morgan fingerprint density at radius 2 is 2.47 bits per heavy atom. The Kier molecular flexibility index (Phi) is 3.06. The van der Waals surface area contributed by atoms with Crippen LogP contribution in [0.2, 0.25) is 0 Å². The number of rotatable bonds is 1. The molecule has 1 aromatic heterocycles. The molecule has 1 aliphatic heterocycles. The third kappa shape index (κ3) is 2.38. The average molecular weight is 273 g/mol. The van der Waals surface area contributed by atoms with Crippen LogP contribution in [0.5, 0.6) is 0 Å². The van der Waals surface area contributed by atoms with Crippen molar-refractivity contribution in [2.45, 2.75) is 13.0 Å². The zero-order valence-corrected chi connectivity index (χ0v) is 10.1. The number of anilines is 2. The lowest BCUT2D eigenvalue weighted by molar-refractivity contribution is 0.0529. The summed E-state index contributed by atoms with van der Waals surface area (Å²) in [6.45, 7) is 4.43. The molecule has 1 atom stereocenters. The average Bonchev–Trinajstić information content (AvgIpc) is 2.22. The SMILES string of the molecule is CC1CN(c2nc(N)ncc2Br)CCO1. The normalized spacial score (nSPS) is 21.7. The van der Waals surface area contributed by atoms with Crippen molar-refractivity contribution in [2.24, 2.45) is 0 Å². The Bertz CT molecular complexity index is 360. The fraction of sp³-hybridized carbons (Fsp3) is 0.556. The van der Waals surface area contributed by atoms with Crippen molar-refractivity contribution in [3.63, 3.8) is 0 Å². The van der Waals surface area contributed by atoms with E-state index in [1.165, 1.54) is 0 Å². The fourth-order valence-corrected chi connectivity index (χ4v) is 2.05. The van der Waals surface area contributed by atoms with E-state index < -0.39 is 0 Å². The lowest BCUT2D eigenvalue weighted by atomic mass is 10.3. The summed E-state index contributed by atoms with van der Waals surface area (Å²) in [7, 11) is 0. The van der Waals surface area contributed by atoms with Crippen molar-refractivity contribution >= 4 is 27.7 Å². The van der Waals surface area contributed by atoms with Crippen LogP contribution in [0.3, 0.4) is 0 Å². The van der Waals surface area contributed by atoms with Gasteiger partial charge < -0.3 is 15.4 Å². The monoisotopic (exact) mass is 272 g/mol. The Morgan fingerprint density at radius 3 is 3.20 bits per heavy atom. The van der Waals surface area contributed by atoms with E-state index in [1.54, 1.807) is 6.20 Å². The van der Waals surface area contributed by atoms with Crippen molar-refractivity contribution in [3.8, 4) is 0 Å². The largest absolute Gasteiger partial charge is 0.375 e. The quantitative estimate of drug-likeness (QED) is 0.828. The summed E-state index contributed by atoms with van der Waals surface area (Å²) >= 11 is 3.42. The molecule has 0 spiro atoms. The van der Waals surface area contributed by atoms with E-state index in [-0.39, 0.29) is 6.10 Å². The summed E-state index contributed by atoms with van der Waals surface area (Å²) in [4.78, 5) is 10.3. The number of hydrogen-bond donors (Lipinski definition) is 1. The first-order valence-corrected chi connectivity index (χ1v) is 5.60. The summed E-state index contributed by atoms with van der Waals surface area (Å²) < 4.78 is 6.33. The van der Waals surface area contributed by atoms with Gasteiger partial charge in [0, 0.05) is 19.3 Å². The molecule has 1 aromatic rings. The van der Waals surface area contributed by atoms with Crippen LogP contribution in [-0.4, -0.2) is 35.8 Å². The van der Waals surface area contributed by atoms with Crippen molar-refractivity contribution in [3.05, 3.63) is 10.7 Å². The number of aromatic nitrogens is 2. The molecule has 15 heavy (non-hydrogen) atoms. The summed E-state index contributed by atoms with van der Waals surface area (Å²) in [5.74, 6) is 1.14. The van der Waals surface area contributed by atoms with E-state index in [0.29, 0.717) is 5.95 Å². The third-order valence-corrected chi connectivity index (χ3v) is 2.84. The van der Waals surface area contributed by atoms with Crippen LogP contribution in [0.1, 0.15) is 6.92 Å². The second-order valence-corrected chi connectivity index (χ2v) is 4.38. The molecule has 5 nitrogen and oxygen atoms in total. The summed E-state index contributed by atoms with van der Waals surface area (Å²) in [6, 6.07) is 0. The van der Waals surface area contributed by atoms with Gasteiger partial charge in [-0.25, -0.2) is 4.98 Å². The van der Waals surface area contributed by atoms with Gasteiger partial charge >= 0.3 is 0 Å². The highest BCUT2D eigenvalue weighted by Gasteiger charge is 2.20. The van der Waals surface area contributed by atoms with E-state index in [9.17, 15) is 0 Å². The fourth-order valence-electron chi connectivity index (χ4n) is 1.60. The maximum Gasteiger partial charge on any atom is 0.222 e. The molecule has 82 valence electrons. The zero-order chi connectivity index (χ0) is 10.8. The molecule has 0 amide bonds. The number of morpholine rings is 1. The second-order valence-electron chi connectivity index (χ2n) is 3.53. The van der Waals surface area contributed by atoms with Crippen LogP contribution in [0.4, 0.5) is 11.8 Å².